The summed E-state index contributed by atoms with van der Waals surface area (Å²) < 4.78 is 1.80. The third-order valence-electron chi connectivity index (χ3n) is 4.25. The minimum absolute atomic E-state index is 0.671. The number of rotatable bonds is 1. The molecule has 1 atom stereocenters. The van der Waals surface area contributed by atoms with E-state index in [2.05, 4.69) is 11.2 Å². The van der Waals surface area contributed by atoms with Gasteiger partial charge in [-0.25, -0.2) is 0 Å². The number of anilines is 1. The molecule has 2 saturated carbocycles. The molecule has 2 N–H and O–H groups in total. The molecular formula is C12H19N3. The predicted octanol–water partition coefficient (Wildman–Crippen LogP) is 2.44. The molecule has 1 unspecified atom stereocenters. The summed E-state index contributed by atoms with van der Waals surface area (Å²) in [6, 6.07) is 2.06. The Morgan fingerprint density at radius 3 is 2.87 bits per heavy atom. The second kappa shape index (κ2) is 3.00. The Morgan fingerprint density at radius 1 is 1.47 bits per heavy atom. The van der Waals surface area contributed by atoms with Crippen LogP contribution in [0.5, 0.6) is 0 Å². The second-order valence-corrected chi connectivity index (χ2v) is 5.41. The molecule has 3 nitrogen and oxygen atoms in total. The first-order valence-electron chi connectivity index (χ1n) is 5.98. The minimum atomic E-state index is 0.671. The Labute approximate surface area is 90.7 Å². The van der Waals surface area contributed by atoms with Gasteiger partial charge in [0.25, 0.3) is 0 Å². The van der Waals surface area contributed by atoms with Crippen molar-refractivity contribution in [2.75, 3.05) is 5.73 Å². The minimum Gasteiger partial charge on any atom is -0.384 e. The van der Waals surface area contributed by atoms with Crippen molar-refractivity contribution in [1.29, 1.82) is 0 Å². The first-order chi connectivity index (χ1) is 7.19. The molecule has 0 aliphatic heterocycles. The highest BCUT2D eigenvalue weighted by Crippen LogP contribution is 2.59. The maximum atomic E-state index is 5.83. The first kappa shape index (κ1) is 9.25. The van der Waals surface area contributed by atoms with Gasteiger partial charge in [0.1, 0.15) is 5.82 Å². The highest BCUT2D eigenvalue weighted by atomic mass is 15.3. The molecule has 0 saturated heterocycles. The Kier molecular flexibility index (Phi) is 1.85. The van der Waals surface area contributed by atoms with Crippen LogP contribution in [0.25, 0.3) is 0 Å². The molecule has 2 aliphatic rings. The molecule has 2 aliphatic carbocycles. The van der Waals surface area contributed by atoms with Crippen molar-refractivity contribution in [3.8, 4) is 0 Å². The summed E-state index contributed by atoms with van der Waals surface area (Å²) in [5.41, 5.74) is 7.77. The van der Waals surface area contributed by atoms with Crippen LogP contribution in [0, 0.1) is 5.41 Å². The van der Waals surface area contributed by atoms with Gasteiger partial charge in [-0.2, -0.15) is 5.10 Å². The lowest BCUT2D eigenvalue weighted by Gasteiger charge is -2.27. The number of hydrogen-bond acceptors (Lipinski definition) is 2. The van der Waals surface area contributed by atoms with Crippen molar-refractivity contribution in [1.82, 2.24) is 9.78 Å². The molecule has 15 heavy (non-hydrogen) atoms. The third kappa shape index (κ3) is 1.54. The van der Waals surface area contributed by atoms with Crippen LogP contribution in [0.2, 0.25) is 0 Å². The summed E-state index contributed by atoms with van der Waals surface area (Å²) in [5.74, 6) is 1.46. The van der Waals surface area contributed by atoms with Gasteiger partial charge in [0.15, 0.2) is 0 Å². The molecule has 0 amide bonds. The molecule has 1 heterocycles. The van der Waals surface area contributed by atoms with Crippen molar-refractivity contribution in [3.05, 3.63) is 11.8 Å². The molecule has 0 radical (unpaired) electrons. The molecule has 0 aromatic carbocycles. The van der Waals surface area contributed by atoms with E-state index >= 15 is 0 Å². The summed E-state index contributed by atoms with van der Waals surface area (Å²) in [6.45, 7) is 0. The average molecular weight is 205 g/mol. The van der Waals surface area contributed by atoms with E-state index in [0.29, 0.717) is 5.92 Å². The van der Waals surface area contributed by atoms with Crippen LogP contribution in [0.4, 0.5) is 5.82 Å². The Bertz CT molecular complexity index is 357. The van der Waals surface area contributed by atoms with Crippen LogP contribution in [-0.4, -0.2) is 9.78 Å². The Balaban J connectivity index is 1.81. The van der Waals surface area contributed by atoms with Gasteiger partial charge in [-0.05, 0) is 37.5 Å². The van der Waals surface area contributed by atoms with Gasteiger partial charge in [-0.1, -0.05) is 6.42 Å². The third-order valence-corrected chi connectivity index (χ3v) is 4.25. The fourth-order valence-electron chi connectivity index (χ4n) is 3.04. The van der Waals surface area contributed by atoms with Crippen molar-refractivity contribution < 1.29 is 0 Å². The van der Waals surface area contributed by atoms with Gasteiger partial charge in [0.2, 0.25) is 0 Å². The lowest BCUT2D eigenvalue weighted by atomic mass is 9.78. The maximum absolute atomic E-state index is 5.83. The van der Waals surface area contributed by atoms with Crippen LogP contribution in [-0.2, 0) is 7.05 Å². The number of aryl methyl sites for hydroxylation is 1. The van der Waals surface area contributed by atoms with Crippen LogP contribution in [0.1, 0.15) is 50.1 Å². The number of hydrogen-bond donors (Lipinski definition) is 1. The fraction of sp³-hybridized carbons (Fsp3) is 0.750. The van der Waals surface area contributed by atoms with E-state index in [-0.39, 0.29) is 0 Å². The average Bonchev–Trinajstić information content (AvgIpc) is 2.87. The van der Waals surface area contributed by atoms with E-state index in [1.165, 1.54) is 44.2 Å². The van der Waals surface area contributed by atoms with Gasteiger partial charge in [0.05, 0.1) is 5.69 Å². The van der Waals surface area contributed by atoms with Crippen LogP contribution >= 0.6 is 0 Å². The van der Waals surface area contributed by atoms with Crippen molar-refractivity contribution in [3.63, 3.8) is 0 Å². The summed E-state index contributed by atoms with van der Waals surface area (Å²) in [6.07, 6.45) is 8.38. The lowest BCUT2D eigenvalue weighted by Crippen LogP contribution is -2.15. The van der Waals surface area contributed by atoms with Gasteiger partial charge in [-0.15, -0.1) is 0 Å². The highest BCUT2D eigenvalue weighted by molar-refractivity contribution is 5.32. The summed E-state index contributed by atoms with van der Waals surface area (Å²) in [7, 11) is 1.93. The number of nitrogens with two attached hydrogens (primary N) is 1. The molecule has 1 aromatic rings. The van der Waals surface area contributed by atoms with Crippen molar-refractivity contribution >= 4 is 5.82 Å². The van der Waals surface area contributed by atoms with E-state index in [0.717, 1.165) is 11.2 Å². The lowest BCUT2D eigenvalue weighted by molar-refractivity contribution is 0.297. The second-order valence-electron chi connectivity index (χ2n) is 5.41. The molecular weight excluding hydrogens is 186 g/mol. The molecule has 0 bridgehead atoms. The summed E-state index contributed by atoms with van der Waals surface area (Å²) >= 11 is 0. The highest BCUT2D eigenvalue weighted by Gasteiger charge is 2.46. The van der Waals surface area contributed by atoms with E-state index in [1.807, 2.05) is 7.05 Å². The summed E-state index contributed by atoms with van der Waals surface area (Å²) in [4.78, 5) is 0. The van der Waals surface area contributed by atoms with Crippen LogP contribution < -0.4 is 5.73 Å². The van der Waals surface area contributed by atoms with Crippen LogP contribution in [0.3, 0.4) is 0 Å². The SMILES string of the molecule is Cn1nc(C2CCCC3(CC3)C2)cc1N. The van der Waals surface area contributed by atoms with Gasteiger partial charge >= 0.3 is 0 Å². The zero-order chi connectivity index (χ0) is 10.5. The molecule has 3 heteroatoms. The van der Waals surface area contributed by atoms with Crippen LogP contribution in [0.15, 0.2) is 6.07 Å². The molecule has 1 spiro atoms. The quantitative estimate of drug-likeness (QED) is 0.765. The smallest absolute Gasteiger partial charge is 0.121 e. The zero-order valence-electron chi connectivity index (χ0n) is 9.37. The molecule has 82 valence electrons. The van der Waals surface area contributed by atoms with E-state index in [9.17, 15) is 0 Å². The van der Waals surface area contributed by atoms with E-state index < -0.39 is 0 Å². The topological polar surface area (TPSA) is 43.8 Å². The van der Waals surface area contributed by atoms with Gasteiger partial charge in [-0.3, -0.25) is 4.68 Å². The van der Waals surface area contributed by atoms with Gasteiger partial charge in [0, 0.05) is 19.0 Å². The first-order valence-corrected chi connectivity index (χ1v) is 5.98. The Hall–Kier alpha value is -0.990. The molecule has 2 fully saturated rings. The largest absolute Gasteiger partial charge is 0.384 e. The fourth-order valence-corrected chi connectivity index (χ4v) is 3.04. The Morgan fingerprint density at radius 2 is 2.27 bits per heavy atom. The summed E-state index contributed by atoms with van der Waals surface area (Å²) in [5, 5.41) is 4.52. The number of nitrogens with zero attached hydrogens (tertiary/aromatic N) is 2. The van der Waals surface area contributed by atoms with Gasteiger partial charge < -0.3 is 5.73 Å². The van der Waals surface area contributed by atoms with Crippen molar-refractivity contribution in [2.24, 2.45) is 12.5 Å². The maximum Gasteiger partial charge on any atom is 0.121 e. The number of aromatic nitrogens is 2. The number of nitrogen functional groups attached to an aromatic ring is 1. The van der Waals surface area contributed by atoms with E-state index in [4.69, 9.17) is 5.73 Å². The van der Waals surface area contributed by atoms with Crippen molar-refractivity contribution in [2.45, 2.75) is 44.4 Å². The molecule has 3 rings (SSSR count). The zero-order valence-corrected chi connectivity index (χ0v) is 9.37. The normalized spacial score (nSPS) is 28.2. The van der Waals surface area contributed by atoms with E-state index in [1.54, 1.807) is 4.68 Å². The monoisotopic (exact) mass is 205 g/mol. The standard InChI is InChI=1S/C12H19N3/c1-15-11(13)7-10(14-15)9-3-2-4-12(8-9)5-6-12/h7,9H,2-6,8,13H2,1H3. The molecule has 1 aromatic heterocycles. The predicted molar refractivity (Wildman–Crippen MR) is 60.5 cm³/mol.